The zero-order chi connectivity index (χ0) is 11.6. The van der Waals surface area contributed by atoms with Crippen molar-refractivity contribution in [3.05, 3.63) is 24.3 Å². The van der Waals surface area contributed by atoms with Gasteiger partial charge in [-0.3, -0.25) is 0 Å². The van der Waals surface area contributed by atoms with E-state index in [-0.39, 0.29) is 5.60 Å². The molecule has 16 heavy (non-hydrogen) atoms. The average Bonchev–Trinajstić information content (AvgIpc) is 2.69. The number of benzene rings is 1. The number of nitrogens with one attached hydrogen (secondary N) is 1. The highest BCUT2D eigenvalue weighted by Gasteiger charge is 2.11. The Hall–Kier alpha value is -1.91. The van der Waals surface area contributed by atoms with Crippen LogP contribution in [0.3, 0.4) is 0 Å². The van der Waals surface area contributed by atoms with Gasteiger partial charge in [-0.15, -0.1) is 10.2 Å². The van der Waals surface area contributed by atoms with Crippen LogP contribution < -0.4 is 4.74 Å². The van der Waals surface area contributed by atoms with Crippen molar-refractivity contribution in [1.82, 2.24) is 20.6 Å². The fourth-order valence-corrected chi connectivity index (χ4v) is 1.31. The maximum Gasteiger partial charge on any atom is 0.204 e. The summed E-state index contributed by atoms with van der Waals surface area (Å²) < 4.78 is 5.71. The second kappa shape index (κ2) is 3.92. The molecule has 0 aliphatic heterocycles. The van der Waals surface area contributed by atoms with Gasteiger partial charge in [0.05, 0.1) is 0 Å². The van der Waals surface area contributed by atoms with Crippen molar-refractivity contribution < 1.29 is 4.74 Å². The Balaban J connectivity index is 2.17. The summed E-state index contributed by atoms with van der Waals surface area (Å²) >= 11 is 0. The Labute approximate surface area is 93.8 Å². The van der Waals surface area contributed by atoms with Gasteiger partial charge in [0.1, 0.15) is 11.4 Å². The zero-order valence-corrected chi connectivity index (χ0v) is 9.56. The summed E-state index contributed by atoms with van der Waals surface area (Å²) in [5, 5.41) is 13.7. The summed E-state index contributed by atoms with van der Waals surface area (Å²) in [7, 11) is 0. The second-order valence-electron chi connectivity index (χ2n) is 4.47. The van der Waals surface area contributed by atoms with Gasteiger partial charge >= 0.3 is 0 Å². The molecule has 2 rings (SSSR count). The lowest BCUT2D eigenvalue weighted by Crippen LogP contribution is -2.22. The fourth-order valence-electron chi connectivity index (χ4n) is 1.31. The molecule has 1 aromatic heterocycles. The van der Waals surface area contributed by atoms with E-state index in [0.717, 1.165) is 11.3 Å². The molecule has 0 amide bonds. The fraction of sp³-hybridized carbons (Fsp3) is 0.364. The highest BCUT2D eigenvalue weighted by molar-refractivity contribution is 5.54. The van der Waals surface area contributed by atoms with E-state index < -0.39 is 0 Å². The third-order valence-corrected chi connectivity index (χ3v) is 1.88. The predicted molar refractivity (Wildman–Crippen MR) is 60.0 cm³/mol. The number of hydrogen-bond donors (Lipinski definition) is 1. The molecule has 0 aliphatic carbocycles. The molecule has 5 nitrogen and oxygen atoms in total. The van der Waals surface area contributed by atoms with Crippen LogP contribution in [0.4, 0.5) is 0 Å². The molecule has 1 aromatic carbocycles. The Kier molecular flexibility index (Phi) is 2.60. The van der Waals surface area contributed by atoms with Crippen molar-refractivity contribution in [3.8, 4) is 17.1 Å². The summed E-state index contributed by atoms with van der Waals surface area (Å²) in [6.45, 7) is 6.04. The van der Waals surface area contributed by atoms with Crippen LogP contribution in [0.25, 0.3) is 11.4 Å². The van der Waals surface area contributed by atoms with Crippen LogP contribution in [0.1, 0.15) is 20.8 Å². The number of hydrogen-bond acceptors (Lipinski definition) is 4. The number of tetrazole rings is 1. The molecule has 84 valence electrons. The van der Waals surface area contributed by atoms with Crippen LogP contribution in [0.2, 0.25) is 0 Å². The number of aromatic nitrogens is 4. The van der Waals surface area contributed by atoms with Crippen molar-refractivity contribution in [1.29, 1.82) is 0 Å². The predicted octanol–water partition coefficient (Wildman–Crippen LogP) is 2.04. The normalized spacial score (nSPS) is 11.4. The van der Waals surface area contributed by atoms with Crippen LogP contribution in [0, 0.1) is 0 Å². The first-order valence-corrected chi connectivity index (χ1v) is 5.07. The summed E-state index contributed by atoms with van der Waals surface area (Å²) in [5.41, 5.74) is 0.725. The van der Waals surface area contributed by atoms with E-state index in [4.69, 9.17) is 4.74 Å². The standard InChI is InChI=1S/C11H14N4O/c1-11(2,3)16-9-6-4-8(5-7-9)10-12-14-15-13-10/h4-7H,1-3H3,(H,12,13,14,15). The molecule has 0 unspecified atom stereocenters. The number of ether oxygens (including phenoxy) is 1. The highest BCUT2D eigenvalue weighted by atomic mass is 16.5. The molecule has 2 aromatic rings. The SMILES string of the molecule is CC(C)(C)Oc1ccc(-c2nn[nH]n2)cc1. The molecule has 1 N–H and O–H groups in total. The third-order valence-electron chi connectivity index (χ3n) is 1.88. The molecule has 0 saturated heterocycles. The van der Waals surface area contributed by atoms with Gasteiger partial charge in [0.2, 0.25) is 5.82 Å². The quantitative estimate of drug-likeness (QED) is 0.837. The van der Waals surface area contributed by atoms with Gasteiger partial charge in [-0.25, -0.2) is 0 Å². The maximum atomic E-state index is 5.71. The van der Waals surface area contributed by atoms with E-state index in [1.807, 2.05) is 45.0 Å². The third kappa shape index (κ3) is 2.56. The average molecular weight is 218 g/mol. The minimum absolute atomic E-state index is 0.187. The Morgan fingerprint density at radius 1 is 1.12 bits per heavy atom. The first kappa shape index (κ1) is 10.6. The molecule has 0 saturated carbocycles. The number of aromatic amines is 1. The van der Waals surface area contributed by atoms with Crippen LogP contribution in [0.15, 0.2) is 24.3 Å². The molecule has 5 heteroatoms. The Bertz CT molecular complexity index is 442. The zero-order valence-electron chi connectivity index (χ0n) is 9.56. The topological polar surface area (TPSA) is 63.7 Å². The highest BCUT2D eigenvalue weighted by Crippen LogP contribution is 2.21. The molecule has 0 spiro atoms. The second-order valence-corrected chi connectivity index (χ2v) is 4.47. The maximum absolute atomic E-state index is 5.71. The van der Waals surface area contributed by atoms with Crippen LogP contribution in [0.5, 0.6) is 5.75 Å². The Morgan fingerprint density at radius 3 is 2.31 bits per heavy atom. The van der Waals surface area contributed by atoms with E-state index in [1.54, 1.807) is 0 Å². The lowest BCUT2D eigenvalue weighted by Gasteiger charge is -2.21. The molecule has 0 aliphatic rings. The minimum atomic E-state index is -0.187. The van der Waals surface area contributed by atoms with Crippen molar-refractivity contribution in [2.45, 2.75) is 26.4 Å². The summed E-state index contributed by atoms with van der Waals surface area (Å²) in [5.74, 6) is 1.42. The largest absolute Gasteiger partial charge is 0.488 e. The van der Waals surface area contributed by atoms with E-state index in [0.29, 0.717) is 5.82 Å². The first-order chi connectivity index (χ1) is 7.54. The molecular weight excluding hydrogens is 204 g/mol. The summed E-state index contributed by atoms with van der Waals surface area (Å²) in [6, 6.07) is 7.62. The van der Waals surface area contributed by atoms with Gasteiger partial charge in [-0.1, -0.05) is 0 Å². The van der Waals surface area contributed by atoms with E-state index in [9.17, 15) is 0 Å². The summed E-state index contributed by atoms with van der Waals surface area (Å²) in [4.78, 5) is 0. The molecule has 0 bridgehead atoms. The summed E-state index contributed by atoms with van der Waals surface area (Å²) in [6.07, 6.45) is 0. The van der Waals surface area contributed by atoms with Crippen LogP contribution in [-0.2, 0) is 0 Å². The number of H-pyrrole nitrogens is 1. The van der Waals surface area contributed by atoms with E-state index in [1.165, 1.54) is 0 Å². The number of nitrogens with zero attached hydrogens (tertiary/aromatic N) is 3. The van der Waals surface area contributed by atoms with Gasteiger partial charge in [-0.05, 0) is 50.3 Å². The van der Waals surface area contributed by atoms with Crippen molar-refractivity contribution >= 4 is 0 Å². The van der Waals surface area contributed by atoms with Gasteiger partial charge in [0.25, 0.3) is 0 Å². The molecule has 0 atom stereocenters. The monoisotopic (exact) mass is 218 g/mol. The molecular formula is C11H14N4O. The van der Waals surface area contributed by atoms with Crippen molar-refractivity contribution in [3.63, 3.8) is 0 Å². The van der Waals surface area contributed by atoms with Gasteiger partial charge in [-0.2, -0.15) is 5.21 Å². The lowest BCUT2D eigenvalue weighted by atomic mass is 10.1. The molecule has 0 fully saturated rings. The van der Waals surface area contributed by atoms with Crippen LogP contribution in [-0.4, -0.2) is 26.2 Å². The smallest absolute Gasteiger partial charge is 0.204 e. The number of rotatable bonds is 2. The van der Waals surface area contributed by atoms with Gasteiger partial charge in [0, 0.05) is 5.56 Å². The lowest BCUT2D eigenvalue weighted by molar-refractivity contribution is 0.131. The molecule has 1 heterocycles. The van der Waals surface area contributed by atoms with Gasteiger partial charge in [0.15, 0.2) is 0 Å². The van der Waals surface area contributed by atoms with Gasteiger partial charge < -0.3 is 4.74 Å². The molecule has 0 radical (unpaired) electrons. The Morgan fingerprint density at radius 2 is 1.81 bits per heavy atom. The van der Waals surface area contributed by atoms with Crippen LogP contribution >= 0.6 is 0 Å². The minimum Gasteiger partial charge on any atom is -0.488 e. The van der Waals surface area contributed by atoms with E-state index >= 15 is 0 Å². The first-order valence-electron chi connectivity index (χ1n) is 5.07. The van der Waals surface area contributed by atoms with Crippen molar-refractivity contribution in [2.24, 2.45) is 0 Å². The van der Waals surface area contributed by atoms with E-state index in [2.05, 4.69) is 20.6 Å². The van der Waals surface area contributed by atoms with Crippen molar-refractivity contribution in [2.75, 3.05) is 0 Å².